The van der Waals surface area contributed by atoms with Crippen LogP contribution in [0.2, 0.25) is 0 Å². The molecule has 120 valence electrons. The standard InChI is InChI=1S/C12H19ClN2O5S/c1-4-15-7-10(21(13,17)18)5-11(15)12(16)14-6-9(20-3)8-19-2/h5,7,9H,4,6,8H2,1-3H3,(H,14,16). The van der Waals surface area contributed by atoms with Crippen LogP contribution < -0.4 is 5.32 Å². The second-order valence-corrected chi connectivity index (χ2v) is 6.87. The molecule has 0 saturated carbocycles. The first kappa shape index (κ1) is 18.0. The number of carbonyl (C=O) groups is 1. The summed E-state index contributed by atoms with van der Waals surface area (Å²) in [5, 5.41) is 2.67. The quantitative estimate of drug-likeness (QED) is 0.709. The topological polar surface area (TPSA) is 86.6 Å². The van der Waals surface area contributed by atoms with Gasteiger partial charge in [0.15, 0.2) is 0 Å². The number of halogens is 1. The molecule has 0 aliphatic heterocycles. The number of carbonyl (C=O) groups excluding carboxylic acids is 1. The van der Waals surface area contributed by atoms with Crippen molar-refractivity contribution in [3.05, 3.63) is 18.0 Å². The van der Waals surface area contributed by atoms with Crippen LogP contribution in [0.4, 0.5) is 0 Å². The molecule has 1 rings (SSSR count). The van der Waals surface area contributed by atoms with Gasteiger partial charge in [0.2, 0.25) is 0 Å². The fourth-order valence-electron chi connectivity index (χ4n) is 1.76. The van der Waals surface area contributed by atoms with E-state index < -0.39 is 15.0 Å². The maximum absolute atomic E-state index is 12.1. The highest BCUT2D eigenvalue weighted by Crippen LogP contribution is 2.18. The van der Waals surface area contributed by atoms with Crippen LogP contribution in [0.25, 0.3) is 0 Å². The molecule has 1 amide bonds. The van der Waals surface area contributed by atoms with Gasteiger partial charge < -0.3 is 19.4 Å². The third kappa shape index (κ3) is 4.99. The van der Waals surface area contributed by atoms with Crippen molar-refractivity contribution in [2.45, 2.75) is 24.5 Å². The maximum Gasteiger partial charge on any atom is 0.268 e. The summed E-state index contributed by atoms with van der Waals surface area (Å²) in [4.78, 5) is 12.0. The lowest BCUT2D eigenvalue weighted by atomic mass is 10.3. The Kier molecular flexibility index (Phi) is 6.66. The summed E-state index contributed by atoms with van der Waals surface area (Å²) in [6.07, 6.45) is 1.06. The minimum atomic E-state index is -3.87. The zero-order chi connectivity index (χ0) is 16.0. The third-order valence-corrected chi connectivity index (χ3v) is 4.22. The van der Waals surface area contributed by atoms with Crippen molar-refractivity contribution in [2.75, 3.05) is 27.4 Å². The Morgan fingerprint density at radius 3 is 2.62 bits per heavy atom. The van der Waals surface area contributed by atoms with E-state index in [9.17, 15) is 13.2 Å². The number of aryl methyl sites for hydroxylation is 1. The van der Waals surface area contributed by atoms with Gasteiger partial charge >= 0.3 is 0 Å². The Morgan fingerprint density at radius 1 is 1.48 bits per heavy atom. The molecule has 21 heavy (non-hydrogen) atoms. The number of methoxy groups -OCH3 is 2. The van der Waals surface area contributed by atoms with Crippen LogP contribution >= 0.6 is 10.7 Å². The molecule has 0 bridgehead atoms. The first-order chi connectivity index (χ1) is 9.83. The zero-order valence-corrected chi connectivity index (χ0v) is 13.7. The first-order valence-electron chi connectivity index (χ1n) is 6.28. The minimum Gasteiger partial charge on any atom is -0.382 e. The molecule has 0 aliphatic carbocycles. The molecular weight excluding hydrogens is 320 g/mol. The van der Waals surface area contributed by atoms with Crippen molar-refractivity contribution in [2.24, 2.45) is 0 Å². The summed E-state index contributed by atoms with van der Waals surface area (Å²) in [6.45, 7) is 2.83. The van der Waals surface area contributed by atoms with E-state index in [2.05, 4.69) is 5.32 Å². The average molecular weight is 339 g/mol. The molecule has 9 heteroatoms. The molecule has 0 radical (unpaired) electrons. The first-order valence-corrected chi connectivity index (χ1v) is 8.59. The highest BCUT2D eigenvalue weighted by atomic mass is 35.7. The van der Waals surface area contributed by atoms with Gasteiger partial charge in [0, 0.05) is 44.2 Å². The number of nitrogens with zero attached hydrogens (tertiary/aromatic N) is 1. The molecule has 1 heterocycles. The fraction of sp³-hybridized carbons (Fsp3) is 0.583. The lowest BCUT2D eigenvalue weighted by Crippen LogP contribution is -2.36. The van der Waals surface area contributed by atoms with E-state index in [4.69, 9.17) is 20.2 Å². The van der Waals surface area contributed by atoms with Crippen LogP contribution in [0.5, 0.6) is 0 Å². The van der Waals surface area contributed by atoms with Crippen molar-refractivity contribution in [3.63, 3.8) is 0 Å². The van der Waals surface area contributed by atoms with Gasteiger partial charge in [-0.05, 0) is 13.0 Å². The second-order valence-electron chi connectivity index (χ2n) is 4.31. The van der Waals surface area contributed by atoms with Gasteiger partial charge in [-0.2, -0.15) is 0 Å². The SMILES string of the molecule is CCn1cc(S(=O)(=O)Cl)cc1C(=O)NCC(COC)OC. The molecule has 1 aromatic heterocycles. The van der Waals surface area contributed by atoms with Crippen LogP contribution in [0, 0.1) is 0 Å². The monoisotopic (exact) mass is 338 g/mol. The molecule has 1 atom stereocenters. The Bertz CT molecular complexity index is 584. The zero-order valence-electron chi connectivity index (χ0n) is 12.1. The van der Waals surface area contributed by atoms with E-state index in [0.717, 1.165) is 0 Å². The molecule has 0 aromatic carbocycles. The van der Waals surface area contributed by atoms with Crippen LogP contribution in [0.3, 0.4) is 0 Å². The molecule has 7 nitrogen and oxygen atoms in total. The summed E-state index contributed by atoms with van der Waals surface area (Å²) in [5.41, 5.74) is 0.226. The summed E-state index contributed by atoms with van der Waals surface area (Å²) in [5.74, 6) is -0.401. The average Bonchev–Trinajstić information content (AvgIpc) is 2.87. The molecule has 1 unspecified atom stereocenters. The molecule has 0 fully saturated rings. The summed E-state index contributed by atoms with van der Waals surface area (Å²) in [6, 6.07) is 1.25. The number of nitrogens with one attached hydrogen (secondary N) is 1. The maximum atomic E-state index is 12.1. The van der Waals surface area contributed by atoms with Crippen molar-refractivity contribution in [3.8, 4) is 0 Å². The smallest absolute Gasteiger partial charge is 0.268 e. The predicted octanol–water partition coefficient (Wildman–Crippen LogP) is 0.827. The van der Waals surface area contributed by atoms with E-state index >= 15 is 0 Å². The Labute approximate surface area is 128 Å². The van der Waals surface area contributed by atoms with Crippen LogP contribution in [0.15, 0.2) is 17.2 Å². The highest BCUT2D eigenvalue weighted by molar-refractivity contribution is 8.13. The van der Waals surface area contributed by atoms with Gasteiger partial charge in [0.05, 0.1) is 12.7 Å². The van der Waals surface area contributed by atoms with Gasteiger partial charge in [0.25, 0.3) is 15.0 Å². The van der Waals surface area contributed by atoms with Crippen molar-refractivity contribution < 1.29 is 22.7 Å². The Morgan fingerprint density at radius 2 is 2.14 bits per heavy atom. The summed E-state index contributed by atoms with van der Waals surface area (Å²) >= 11 is 0. The number of aromatic nitrogens is 1. The van der Waals surface area contributed by atoms with Gasteiger partial charge in [-0.3, -0.25) is 4.79 Å². The van der Waals surface area contributed by atoms with Gasteiger partial charge in [0.1, 0.15) is 10.6 Å². The van der Waals surface area contributed by atoms with Gasteiger partial charge in [-0.15, -0.1) is 0 Å². The third-order valence-electron chi connectivity index (χ3n) is 2.90. The lowest BCUT2D eigenvalue weighted by molar-refractivity contribution is 0.0284. The number of hydrogen-bond acceptors (Lipinski definition) is 5. The molecule has 0 spiro atoms. The normalized spacial score (nSPS) is 13.1. The van der Waals surface area contributed by atoms with Crippen LogP contribution in [-0.2, 0) is 25.1 Å². The summed E-state index contributed by atoms with van der Waals surface area (Å²) < 4.78 is 34.2. The lowest BCUT2D eigenvalue weighted by Gasteiger charge is -2.15. The van der Waals surface area contributed by atoms with E-state index in [-0.39, 0.29) is 23.2 Å². The van der Waals surface area contributed by atoms with E-state index in [1.807, 2.05) is 0 Å². The predicted molar refractivity (Wildman–Crippen MR) is 78.2 cm³/mol. The number of hydrogen-bond donors (Lipinski definition) is 1. The molecule has 1 N–H and O–H groups in total. The fourth-order valence-corrected chi connectivity index (χ4v) is 2.52. The largest absolute Gasteiger partial charge is 0.382 e. The Balaban J connectivity index is 2.85. The van der Waals surface area contributed by atoms with Gasteiger partial charge in [-0.1, -0.05) is 0 Å². The molecular formula is C12H19ClN2O5S. The van der Waals surface area contributed by atoms with Crippen molar-refractivity contribution >= 4 is 25.6 Å². The molecule has 0 aliphatic rings. The molecule has 1 aromatic rings. The molecule has 0 saturated heterocycles. The van der Waals surface area contributed by atoms with Crippen LogP contribution in [-0.4, -0.2) is 52.4 Å². The number of rotatable bonds is 8. The minimum absolute atomic E-state index is 0.101. The van der Waals surface area contributed by atoms with E-state index in [1.165, 1.54) is 31.0 Å². The van der Waals surface area contributed by atoms with Crippen molar-refractivity contribution in [1.29, 1.82) is 0 Å². The van der Waals surface area contributed by atoms with E-state index in [0.29, 0.717) is 13.2 Å². The van der Waals surface area contributed by atoms with Crippen LogP contribution in [0.1, 0.15) is 17.4 Å². The summed E-state index contributed by atoms with van der Waals surface area (Å²) in [7, 11) is 4.47. The Hall–Kier alpha value is -1.09. The number of amides is 1. The van der Waals surface area contributed by atoms with E-state index in [1.54, 1.807) is 6.92 Å². The second kappa shape index (κ2) is 7.79. The number of ether oxygens (including phenoxy) is 2. The highest BCUT2D eigenvalue weighted by Gasteiger charge is 2.20. The van der Waals surface area contributed by atoms with Crippen molar-refractivity contribution in [1.82, 2.24) is 9.88 Å². The van der Waals surface area contributed by atoms with Gasteiger partial charge in [-0.25, -0.2) is 8.42 Å².